The second-order valence-corrected chi connectivity index (χ2v) is 5.07. The Bertz CT molecular complexity index is 492. The summed E-state index contributed by atoms with van der Waals surface area (Å²) in [7, 11) is 1.45. The minimum atomic E-state index is -4.69. The summed E-state index contributed by atoms with van der Waals surface area (Å²) in [5.74, 6) is -1.62. The molecule has 0 N–H and O–H groups in total. The topological polar surface area (TPSA) is 26.3 Å². The van der Waals surface area contributed by atoms with Crippen LogP contribution in [0.15, 0.2) is 18.2 Å². The van der Waals surface area contributed by atoms with Crippen molar-refractivity contribution < 1.29 is 27.1 Å². The van der Waals surface area contributed by atoms with Crippen LogP contribution in [0.1, 0.15) is 42.6 Å². The third-order valence-corrected chi connectivity index (χ3v) is 3.09. The van der Waals surface area contributed by atoms with E-state index in [0.717, 1.165) is 0 Å². The third-order valence-electron chi connectivity index (χ3n) is 3.09. The van der Waals surface area contributed by atoms with Gasteiger partial charge < -0.3 is 4.74 Å². The smallest absolute Gasteiger partial charge is 0.379 e. The van der Waals surface area contributed by atoms with E-state index in [9.17, 15) is 22.4 Å². The lowest BCUT2D eigenvalue weighted by atomic mass is 9.95. The Kier molecular flexibility index (Phi) is 4.91. The molecule has 1 aromatic carbocycles. The van der Waals surface area contributed by atoms with Crippen LogP contribution in [0.5, 0.6) is 0 Å². The van der Waals surface area contributed by atoms with Crippen LogP contribution < -0.4 is 0 Å². The van der Waals surface area contributed by atoms with Gasteiger partial charge in [0.1, 0.15) is 5.82 Å². The molecule has 0 amide bonds. The van der Waals surface area contributed by atoms with Crippen molar-refractivity contribution in [3.05, 3.63) is 35.1 Å². The van der Waals surface area contributed by atoms with Crippen LogP contribution in [0.4, 0.5) is 17.6 Å². The minimum Gasteiger partial charge on any atom is -0.379 e. The molecule has 0 saturated heterocycles. The van der Waals surface area contributed by atoms with Crippen molar-refractivity contribution in [2.75, 3.05) is 7.11 Å². The van der Waals surface area contributed by atoms with Crippen LogP contribution in [0.25, 0.3) is 0 Å². The van der Waals surface area contributed by atoms with Crippen molar-refractivity contribution in [1.29, 1.82) is 0 Å². The van der Waals surface area contributed by atoms with Gasteiger partial charge in [-0.2, -0.15) is 13.2 Å². The molecule has 20 heavy (non-hydrogen) atoms. The first-order valence-corrected chi connectivity index (χ1v) is 6.02. The lowest BCUT2D eigenvalue weighted by molar-refractivity contribution is -0.137. The van der Waals surface area contributed by atoms with Crippen molar-refractivity contribution in [2.24, 2.45) is 0 Å². The molecular formula is C14H16F4O2. The largest absolute Gasteiger partial charge is 0.417 e. The van der Waals surface area contributed by atoms with Gasteiger partial charge in [-0.3, -0.25) is 4.79 Å². The summed E-state index contributed by atoms with van der Waals surface area (Å²) < 4.78 is 56.5. The van der Waals surface area contributed by atoms with Crippen LogP contribution in [0.2, 0.25) is 0 Å². The molecule has 0 aromatic heterocycles. The number of carbonyl (C=O) groups excluding carboxylic acids is 1. The quantitative estimate of drug-likeness (QED) is 0.599. The highest BCUT2D eigenvalue weighted by atomic mass is 19.4. The Morgan fingerprint density at radius 2 is 1.85 bits per heavy atom. The number of carbonyl (C=O) groups is 1. The Balaban J connectivity index is 3.01. The molecule has 1 aromatic rings. The van der Waals surface area contributed by atoms with Gasteiger partial charge in [0.25, 0.3) is 0 Å². The normalized spacial score (nSPS) is 12.6. The number of ketones is 1. The molecule has 6 heteroatoms. The lowest BCUT2D eigenvalue weighted by Gasteiger charge is -2.22. The molecule has 0 saturated carbocycles. The monoisotopic (exact) mass is 292 g/mol. The molecule has 0 heterocycles. The molecule has 0 bridgehead atoms. The number of halogens is 4. The summed E-state index contributed by atoms with van der Waals surface area (Å²) >= 11 is 0. The zero-order valence-corrected chi connectivity index (χ0v) is 11.5. The Labute approximate surface area is 114 Å². The van der Waals surface area contributed by atoms with Gasteiger partial charge in [0.15, 0.2) is 5.78 Å². The van der Waals surface area contributed by atoms with Gasteiger partial charge in [-0.15, -0.1) is 0 Å². The molecule has 0 aliphatic carbocycles. The van der Waals surface area contributed by atoms with Gasteiger partial charge in [0.2, 0.25) is 0 Å². The maximum Gasteiger partial charge on any atom is 0.417 e. The number of methoxy groups -OCH3 is 1. The molecule has 0 radical (unpaired) electrons. The van der Waals surface area contributed by atoms with Crippen molar-refractivity contribution in [3.63, 3.8) is 0 Å². The van der Waals surface area contributed by atoms with E-state index < -0.39 is 34.5 Å². The molecule has 0 atom stereocenters. The van der Waals surface area contributed by atoms with Crippen molar-refractivity contribution in [3.8, 4) is 0 Å². The SMILES string of the molecule is COC(C)(C)CCC(=O)c1cc(F)ccc1C(F)(F)F. The second-order valence-electron chi connectivity index (χ2n) is 5.07. The van der Waals surface area contributed by atoms with Gasteiger partial charge in [-0.25, -0.2) is 4.39 Å². The van der Waals surface area contributed by atoms with Crippen LogP contribution >= 0.6 is 0 Å². The Morgan fingerprint density at radius 1 is 1.25 bits per heavy atom. The Morgan fingerprint density at radius 3 is 2.35 bits per heavy atom. The molecule has 112 valence electrons. The first-order chi connectivity index (χ1) is 9.07. The summed E-state index contributed by atoms with van der Waals surface area (Å²) in [6.45, 7) is 3.44. The van der Waals surface area contributed by atoms with Gasteiger partial charge in [-0.05, 0) is 38.5 Å². The van der Waals surface area contributed by atoms with E-state index in [4.69, 9.17) is 4.74 Å². The second kappa shape index (κ2) is 5.91. The minimum absolute atomic E-state index is 0.145. The van der Waals surface area contributed by atoms with Gasteiger partial charge in [0.05, 0.1) is 11.2 Å². The number of rotatable bonds is 5. The predicted octanol–water partition coefficient (Wildman–Crippen LogP) is 4.23. The number of Topliss-reactive ketones (excluding diaryl/α,β-unsaturated/α-hetero) is 1. The van der Waals surface area contributed by atoms with Crippen molar-refractivity contribution in [2.45, 2.75) is 38.5 Å². The van der Waals surface area contributed by atoms with Crippen molar-refractivity contribution >= 4 is 5.78 Å². The van der Waals surface area contributed by atoms with Gasteiger partial charge in [-0.1, -0.05) is 0 Å². The van der Waals surface area contributed by atoms with E-state index in [2.05, 4.69) is 0 Å². The van der Waals surface area contributed by atoms with Crippen LogP contribution in [-0.4, -0.2) is 18.5 Å². The van der Waals surface area contributed by atoms with E-state index in [-0.39, 0.29) is 12.8 Å². The van der Waals surface area contributed by atoms with Crippen molar-refractivity contribution in [1.82, 2.24) is 0 Å². The first-order valence-electron chi connectivity index (χ1n) is 6.02. The Hall–Kier alpha value is -1.43. The number of hydrogen-bond acceptors (Lipinski definition) is 2. The van der Waals surface area contributed by atoms with Gasteiger partial charge >= 0.3 is 6.18 Å². The van der Waals surface area contributed by atoms with Gasteiger partial charge in [0, 0.05) is 19.1 Å². The summed E-state index contributed by atoms with van der Waals surface area (Å²) in [5, 5.41) is 0. The number of ether oxygens (including phenoxy) is 1. The summed E-state index contributed by atoms with van der Waals surface area (Å²) in [4.78, 5) is 11.9. The molecule has 0 aliphatic rings. The molecular weight excluding hydrogens is 276 g/mol. The lowest BCUT2D eigenvalue weighted by Crippen LogP contribution is -2.24. The van der Waals surface area contributed by atoms with E-state index >= 15 is 0 Å². The molecule has 0 fully saturated rings. The molecule has 0 unspecified atom stereocenters. The number of alkyl halides is 3. The average Bonchev–Trinajstić information content (AvgIpc) is 2.34. The van der Waals surface area contributed by atoms with Crippen LogP contribution in [-0.2, 0) is 10.9 Å². The highest BCUT2D eigenvalue weighted by molar-refractivity contribution is 5.97. The van der Waals surface area contributed by atoms with E-state index in [1.807, 2.05) is 0 Å². The highest BCUT2D eigenvalue weighted by Crippen LogP contribution is 2.33. The number of benzene rings is 1. The fraction of sp³-hybridized carbons (Fsp3) is 0.500. The number of hydrogen-bond donors (Lipinski definition) is 0. The summed E-state index contributed by atoms with van der Waals surface area (Å²) in [5.41, 5.74) is -2.37. The summed E-state index contributed by atoms with van der Waals surface area (Å²) in [6, 6.07) is 1.91. The standard InChI is InChI=1S/C14H16F4O2/c1-13(2,20-3)7-6-12(19)10-8-9(15)4-5-11(10)14(16,17)18/h4-5,8H,6-7H2,1-3H3. The van der Waals surface area contributed by atoms with Crippen LogP contribution in [0.3, 0.4) is 0 Å². The van der Waals surface area contributed by atoms with Crippen LogP contribution in [0, 0.1) is 5.82 Å². The summed E-state index contributed by atoms with van der Waals surface area (Å²) in [6.07, 6.45) is -4.58. The highest BCUT2D eigenvalue weighted by Gasteiger charge is 2.35. The fourth-order valence-electron chi connectivity index (χ4n) is 1.65. The first kappa shape index (κ1) is 16.6. The average molecular weight is 292 g/mol. The molecule has 0 aliphatic heterocycles. The third kappa shape index (κ3) is 4.30. The maximum absolute atomic E-state index is 13.1. The zero-order chi connectivity index (χ0) is 15.6. The molecule has 1 rings (SSSR count). The zero-order valence-electron chi connectivity index (χ0n) is 11.5. The molecule has 2 nitrogen and oxygen atoms in total. The van der Waals surface area contributed by atoms with E-state index in [0.29, 0.717) is 18.2 Å². The van der Waals surface area contributed by atoms with E-state index in [1.165, 1.54) is 7.11 Å². The fourth-order valence-corrected chi connectivity index (χ4v) is 1.65. The maximum atomic E-state index is 13.1. The predicted molar refractivity (Wildman–Crippen MR) is 66.1 cm³/mol. The van der Waals surface area contributed by atoms with E-state index in [1.54, 1.807) is 13.8 Å². The molecule has 0 spiro atoms.